The zero-order valence-corrected chi connectivity index (χ0v) is 15.6. The van der Waals surface area contributed by atoms with Crippen molar-refractivity contribution in [1.82, 2.24) is 0 Å². The van der Waals surface area contributed by atoms with Crippen LogP contribution < -0.4 is 4.72 Å². The molecular weight excluding hydrogens is 366 g/mol. The standard InChI is InChI=1S/C20H19NO5S/c1-12-16-11-14(9-10-18(16)26-19(12)20(22)23)27(24,25)21-17-8-4-6-13-5-2-3-7-15(13)17/h4,6,8-11,21H,2-3,5,7H2,1H3,(H,22,23). The van der Waals surface area contributed by atoms with Crippen molar-refractivity contribution >= 4 is 32.6 Å². The van der Waals surface area contributed by atoms with Gasteiger partial charge in [0, 0.05) is 10.9 Å². The van der Waals surface area contributed by atoms with Crippen LogP contribution in [0.2, 0.25) is 0 Å². The zero-order valence-electron chi connectivity index (χ0n) is 14.8. The summed E-state index contributed by atoms with van der Waals surface area (Å²) in [5.74, 6) is -1.35. The highest BCUT2D eigenvalue weighted by atomic mass is 32.2. The number of hydrogen-bond donors (Lipinski definition) is 2. The molecule has 1 aliphatic rings. The highest BCUT2D eigenvalue weighted by Crippen LogP contribution is 2.31. The first-order valence-electron chi connectivity index (χ1n) is 8.77. The zero-order chi connectivity index (χ0) is 19.2. The number of aryl methyl sites for hydroxylation is 2. The molecular formula is C20H19NO5S. The second-order valence-electron chi connectivity index (χ2n) is 6.78. The highest BCUT2D eigenvalue weighted by molar-refractivity contribution is 7.92. The van der Waals surface area contributed by atoms with Crippen molar-refractivity contribution in [3.8, 4) is 0 Å². The molecule has 6 nitrogen and oxygen atoms in total. The number of furan rings is 1. The van der Waals surface area contributed by atoms with E-state index < -0.39 is 16.0 Å². The predicted octanol–water partition coefficient (Wildman–Crippen LogP) is 4.12. The van der Waals surface area contributed by atoms with Crippen LogP contribution in [0.15, 0.2) is 45.7 Å². The highest BCUT2D eigenvalue weighted by Gasteiger charge is 2.22. The van der Waals surface area contributed by atoms with Crippen LogP contribution in [0.5, 0.6) is 0 Å². The van der Waals surface area contributed by atoms with E-state index >= 15 is 0 Å². The van der Waals surface area contributed by atoms with Gasteiger partial charge in [0.25, 0.3) is 10.0 Å². The van der Waals surface area contributed by atoms with Gasteiger partial charge in [0.1, 0.15) is 5.58 Å². The van der Waals surface area contributed by atoms with Crippen LogP contribution in [0.3, 0.4) is 0 Å². The predicted molar refractivity (Wildman–Crippen MR) is 102 cm³/mol. The maximum Gasteiger partial charge on any atom is 0.372 e. The summed E-state index contributed by atoms with van der Waals surface area (Å²) in [6, 6.07) is 10.1. The van der Waals surface area contributed by atoms with Crippen LogP contribution in [0.4, 0.5) is 5.69 Å². The van der Waals surface area contributed by atoms with E-state index in [1.54, 1.807) is 13.0 Å². The van der Waals surface area contributed by atoms with E-state index in [9.17, 15) is 18.3 Å². The molecule has 140 valence electrons. The fraction of sp³-hybridized carbons (Fsp3) is 0.250. The minimum atomic E-state index is -3.81. The topological polar surface area (TPSA) is 96.6 Å². The number of anilines is 1. The number of fused-ring (bicyclic) bond motifs is 2. The molecule has 7 heteroatoms. The Morgan fingerprint density at radius 1 is 1.15 bits per heavy atom. The Morgan fingerprint density at radius 2 is 1.93 bits per heavy atom. The van der Waals surface area contributed by atoms with Crippen molar-refractivity contribution in [1.29, 1.82) is 0 Å². The van der Waals surface area contributed by atoms with Gasteiger partial charge in [0.15, 0.2) is 0 Å². The molecule has 0 unspecified atom stereocenters. The van der Waals surface area contributed by atoms with Crippen LogP contribution in [0.1, 0.15) is 40.1 Å². The van der Waals surface area contributed by atoms with Gasteiger partial charge in [0.05, 0.1) is 10.6 Å². The molecule has 27 heavy (non-hydrogen) atoms. The Hall–Kier alpha value is -2.80. The Bertz CT molecular complexity index is 1160. The average molecular weight is 385 g/mol. The second-order valence-corrected chi connectivity index (χ2v) is 8.46. The van der Waals surface area contributed by atoms with Gasteiger partial charge in [-0.15, -0.1) is 0 Å². The number of sulfonamides is 1. The average Bonchev–Trinajstić information content (AvgIpc) is 2.98. The van der Waals surface area contributed by atoms with Crippen molar-refractivity contribution in [2.75, 3.05) is 4.72 Å². The van der Waals surface area contributed by atoms with Gasteiger partial charge in [-0.05, 0) is 68.0 Å². The summed E-state index contributed by atoms with van der Waals surface area (Å²) >= 11 is 0. The minimum Gasteiger partial charge on any atom is -0.475 e. The summed E-state index contributed by atoms with van der Waals surface area (Å²) < 4.78 is 33.9. The van der Waals surface area contributed by atoms with Crippen LogP contribution in [-0.4, -0.2) is 19.5 Å². The molecule has 2 aromatic carbocycles. The Balaban J connectivity index is 1.74. The number of benzene rings is 2. The summed E-state index contributed by atoms with van der Waals surface area (Å²) in [4.78, 5) is 11.3. The van der Waals surface area contributed by atoms with E-state index in [-0.39, 0.29) is 10.7 Å². The molecule has 4 rings (SSSR count). The maximum absolute atomic E-state index is 12.9. The van der Waals surface area contributed by atoms with Gasteiger partial charge in [-0.2, -0.15) is 0 Å². The van der Waals surface area contributed by atoms with Gasteiger partial charge in [0.2, 0.25) is 5.76 Å². The number of carboxylic acid groups (broad SMARTS) is 1. The molecule has 0 saturated heterocycles. The molecule has 0 radical (unpaired) electrons. The van der Waals surface area contributed by atoms with Crippen molar-refractivity contribution < 1.29 is 22.7 Å². The number of carboxylic acids is 1. The number of hydrogen-bond acceptors (Lipinski definition) is 4. The molecule has 2 N–H and O–H groups in total. The van der Waals surface area contributed by atoms with Gasteiger partial charge in [-0.25, -0.2) is 13.2 Å². The van der Waals surface area contributed by atoms with Crippen molar-refractivity contribution in [3.63, 3.8) is 0 Å². The number of nitrogens with one attached hydrogen (secondary N) is 1. The van der Waals surface area contributed by atoms with Gasteiger partial charge < -0.3 is 9.52 Å². The van der Waals surface area contributed by atoms with Gasteiger partial charge in [-0.3, -0.25) is 4.72 Å². The quantitative estimate of drug-likeness (QED) is 0.704. The van der Waals surface area contributed by atoms with Crippen LogP contribution in [-0.2, 0) is 22.9 Å². The van der Waals surface area contributed by atoms with E-state index in [1.807, 2.05) is 12.1 Å². The Kier molecular flexibility index (Phi) is 4.19. The molecule has 0 fully saturated rings. The first-order chi connectivity index (χ1) is 12.9. The minimum absolute atomic E-state index is 0.0734. The van der Waals surface area contributed by atoms with Gasteiger partial charge in [-0.1, -0.05) is 12.1 Å². The molecule has 1 aromatic heterocycles. The first kappa shape index (κ1) is 17.6. The smallest absolute Gasteiger partial charge is 0.372 e. The number of rotatable bonds is 4. The largest absolute Gasteiger partial charge is 0.475 e. The van der Waals surface area contributed by atoms with E-state index in [0.717, 1.165) is 31.2 Å². The molecule has 0 saturated carbocycles. The lowest BCUT2D eigenvalue weighted by atomic mass is 9.91. The first-order valence-corrected chi connectivity index (χ1v) is 10.2. The summed E-state index contributed by atoms with van der Waals surface area (Å²) in [5.41, 5.74) is 3.62. The molecule has 0 bridgehead atoms. The normalized spacial score (nSPS) is 14.1. The molecule has 1 aliphatic carbocycles. The Morgan fingerprint density at radius 3 is 2.70 bits per heavy atom. The van der Waals surface area contributed by atoms with Crippen LogP contribution >= 0.6 is 0 Å². The van der Waals surface area contributed by atoms with E-state index in [1.165, 1.54) is 23.8 Å². The molecule has 1 heterocycles. The second kappa shape index (κ2) is 6.42. The van der Waals surface area contributed by atoms with E-state index in [0.29, 0.717) is 22.2 Å². The van der Waals surface area contributed by atoms with E-state index in [4.69, 9.17) is 4.42 Å². The molecule has 0 aliphatic heterocycles. The van der Waals surface area contributed by atoms with Crippen molar-refractivity contribution in [2.24, 2.45) is 0 Å². The lowest BCUT2D eigenvalue weighted by molar-refractivity contribution is 0.0664. The molecule has 0 amide bonds. The molecule has 0 spiro atoms. The van der Waals surface area contributed by atoms with Crippen molar-refractivity contribution in [2.45, 2.75) is 37.5 Å². The third-order valence-electron chi connectivity index (χ3n) is 5.05. The monoisotopic (exact) mass is 385 g/mol. The van der Waals surface area contributed by atoms with E-state index in [2.05, 4.69) is 4.72 Å². The van der Waals surface area contributed by atoms with Crippen LogP contribution in [0.25, 0.3) is 11.0 Å². The van der Waals surface area contributed by atoms with Crippen molar-refractivity contribution in [3.05, 3.63) is 58.8 Å². The lowest BCUT2D eigenvalue weighted by Crippen LogP contribution is -2.16. The van der Waals surface area contributed by atoms with Crippen LogP contribution in [0, 0.1) is 6.92 Å². The molecule has 0 atom stereocenters. The van der Waals surface area contributed by atoms with Gasteiger partial charge >= 0.3 is 5.97 Å². The summed E-state index contributed by atoms with van der Waals surface area (Å²) in [5, 5.41) is 9.66. The SMILES string of the molecule is Cc1c(C(=O)O)oc2ccc(S(=O)(=O)Nc3cccc4c3CCCC4)cc12. The third kappa shape index (κ3) is 3.08. The number of aromatic carboxylic acids is 1. The molecule has 3 aromatic rings. The Labute approximate surface area is 156 Å². The third-order valence-corrected chi connectivity index (χ3v) is 6.42. The maximum atomic E-state index is 12.9. The fourth-order valence-electron chi connectivity index (χ4n) is 3.65. The summed E-state index contributed by atoms with van der Waals surface area (Å²) in [6.07, 6.45) is 3.98. The summed E-state index contributed by atoms with van der Waals surface area (Å²) in [6.45, 7) is 1.60. The number of carbonyl (C=O) groups is 1. The summed E-state index contributed by atoms with van der Waals surface area (Å²) in [7, 11) is -3.81. The fourth-order valence-corrected chi connectivity index (χ4v) is 4.77. The lowest BCUT2D eigenvalue weighted by Gasteiger charge is -2.20.